The number of ether oxygens (including phenoxy) is 1. The van der Waals surface area contributed by atoms with Crippen LogP contribution in [0.25, 0.3) is 11.0 Å². The average Bonchev–Trinajstić information content (AvgIpc) is 3.50. The second-order valence-corrected chi connectivity index (χ2v) is 8.33. The van der Waals surface area contributed by atoms with Gasteiger partial charge in [0.25, 0.3) is 0 Å². The molecule has 152 valence electrons. The maximum absolute atomic E-state index is 12.4. The molecular formula is C20H24N6O2S. The number of piperidine rings is 1. The van der Waals surface area contributed by atoms with Gasteiger partial charge < -0.3 is 10.1 Å². The number of anilines is 1. The lowest BCUT2D eigenvalue weighted by atomic mass is 10.0. The van der Waals surface area contributed by atoms with Crippen LogP contribution in [0.2, 0.25) is 0 Å². The van der Waals surface area contributed by atoms with Crippen molar-refractivity contribution in [3.05, 3.63) is 36.0 Å². The number of nitrogens with one attached hydrogen (secondary N) is 1. The minimum Gasteiger partial charge on any atom is -0.381 e. The maximum atomic E-state index is 12.4. The number of carbonyl (C=O) groups is 1. The topological polar surface area (TPSA) is 85.2 Å². The minimum absolute atomic E-state index is 0.0357. The molecule has 1 aromatic carbocycles. The zero-order valence-electron chi connectivity index (χ0n) is 16.2. The van der Waals surface area contributed by atoms with Crippen LogP contribution < -0.4 is 5.32 Å². The molecule has 2 aliphatic rings. The highest BCUT2D eigenvalue weighted by atomic mass is 32.1. The van der Waals surface area contributed by atoms with Crippen LogP contribution in [-0.4, -0.2) is 55.6 Å². The fraction of sp³-hybridized carbons (Fsp3) is 0.500. The van der Waals surface area contributed by atoms with E-state index in [1.54, 1.807) is 6.20 Å². The Kier molecular flexibility index (Phi) is 5.26. The van der Waals surface area contributed by atoms with Crippen molar-refractivity contribution in [2.45, 2.75) is 31.8 Å². The van der Waals surface area contributed by atoms with E-state index in [1.807, 2.05) is 10.7 Å². The third-order valence-electron chi connectivity index (χ3n) is 5.85. The zero-order chi connectivity index (χ0) is 19.6. The summed E-state index contributed by atoms with van der Waals surface area (Å²) in [5.41, 5.74) is 3.22. The summed E-state index contributed by atoms with van der Waals surface area (Å²) < 4.78 is 15.9. The quantitative estimate of drug-likeness (QED) is 0.694. The number of hydrogen-bond donors (Lipinski definition) is 1. The predicted octanol–water partition coefficient (Wildman–Crippen LogP) is 2.70. The van der Waals surface area contributed by atoms with E-state index >= 15 is 0 Å². The van der Waals surface area contributed by atoms with Crippen LogP contribution in [0.3, 0.4) is 0 Å². The Morgan fingerprint density at radius 3 is 2.86 bits per heavy atom. The van der Waals surface area contributed by atoms with E-state index in [1.165, 1.54) is 17.3 Å². The van der Waals surface area contributed by atoms with Crippen molar-refractivity contribution in [3.63, 3.8) is 0 Å². The first-order chi connectivity index (χ1) is 14.3. The highest BCUT2D eigenvalue weighted by Crippen LogP contribution is 2.27. The monoisotopic (exact) mass is 412 g/mol. The molecule has 9 heteroatoms. The van der Waals surface area contributed by atoms with Crippen molar-refractivity contribution < 1.29 is 9.53 Å². The molecule has 0 radical (unpaired) electrons. The number of aromatic nitrogens is 4. The van der Waals surface area contributed by atoms with E-state index in [-0.39, 0.29) is 11.8 Å². The molecule has 5 rings (SSSR count). The normalized spacial score (nSPS) is 21.0. The van der Waals surface area contributed by atoms with Crippen molar-refractivity contribution in [3.8, 4) is 0 Å². The molecule has 2 saturated heterocycles. The molecule has 1 atom stereocenters. The molecule has 3 aromatic rings. The number of nitrogens with zero attached hydrogens (tertiary/aromatic N) is 5. The van der Waals surface area contributed by atoms with Gasteiger partial charge in [0.15, 0.2) is 0 Å². The number of benzene rings is 1. The highest BCUT2D eigenvalue weighted by molar-refractivity contribution is 7.00. The van der Waals surface area contributed by atoms with E-state index < -0.39 is 0 Å². The summed E-state index contributed by atoms with van der Waals surface area (Å²) >= 11 is 1.26. The second kappa shape index (κ2) is 8.17. The van der Waals surface area contributed by atoms with Crippen LogP contribution in [0.1, 0.15) is 30.9 Å². The average molecular weight is 413 g/mol. The Morgan fingerprint density at radius 1 is 1.17 bits per heavy atom. The van der Waals surface area contributed by atoms with Gasteiger partial charge in [-0.15, -0.1) is 0 Å². The first-order valence-electron chi connectivity index (χ1n) is 10.1. The Bertz CT molecular complexity index is 988. The molecule has 8 nitrogen and oxygen atoms in total. The summed E-state index contributed by atoms with van der Waals surface area (Å²) in [5.74, 6) is 0.779. The van der Waals surface area contributed by atoms with Crippen molar-refractivity contribution in [1.82, 2.24) is 23.4 Å². The smallest absolute Gasteiger partial charge is 0.231 e. The number of fused-ring (bicyclic) bond motifs is 1. The molecule has 0 spiro atoms. The molecule has 2 aromatic heterocycles. The van der Waals surface area contributed by atoms with Crippen LogP contribution in [0.5, 0.6) is 0 Å². The summed E-state index contributed by atoms with van der Waals surface area (Å²) in [4.78, 5) is 14.9. The molecule has 1 N–H and O–H groups in total. The summed E-state index contributed by atoms with van der Waals surface area (Å²) in [6.45, 7) is 4.11. The van der Waals surface area contributed by atoms with Crippen LogP contribution in [0.4, 0.5) is 5.82 Å². The summed E-state index contributed by atoms with van der Waals surface area (Å²) in [6.07, 6.45) is 4.58. The molecule has 0 aliphatic carbocycles. The zero-order valence-corrected chi connectivity index (χ0v) is 17.0. The van der Waals surface area contributed by atoms with E-state index in [9.17, 15) is 4.79 Å². The fourth-order valence-corrected chi connectivity index (χ4v) is 4.70. The van der Waals surface area contributed by atoms with E-state index in [0.29, 0.717) is 19.3 Å². The van der Waals surface area contributed by atoms with Gasteiger partial charge >= 0.3 is 0 Å². The lowest BCUT2D eigenvalue weighted by Crippen LogP contribution is -2.35. The molecule has 29 heavy (non-hydrogen) atoms. The van der Waals surface area contributed by atoms with Gasteiger partial charge in [0.1, 0.15) is 16.9 Å². The lowest BCUT2D eigenvalue weighted by molar-refractivity contribution is -0.119. The Morgan fingerprint density at radius 2 is 2.03 bits per heavy atom. The largest absolute Gasteiger partial charge is 0.381 e. The van der Waals surface area contributed by atoms with Gasteiger partial charge in [0, 0.05) is 32.3 Å². The van der Waals surface area contributed by atoms with Crippen molar-refractivity contribution >= 4 is 34.5 Å². The second-order valence-electron chi connectivity index (χ2n) is 7.81. The summed E-state index contributed by atoms with van der Waals surface area (Å²) in [6, 6.07) is 8.52. The molecule has 0 bridgehead atoms. The Hall–Kier alpha value is -2.36. The van der Waals surface area contributed by atoms with Gasteiger partial charge in [-0.2, -0.15) is 13.8 Å². The van der Waals surface area contributed by atoms with Gasteiger partial charge in [-0.1, -0.05) is 6.07 Å². The van der Waals surface area contributed by atoms with E-state index in [2.05, 4.69) is 42.3 Å². The first-order valence-corrected chi connectivity index (χ1v) is 10.8. The SMILES string of the molecule is O=C(Nc1ccnn1C1CCN(Cc2ccc3nsnc3c2)CC1)[C@H]1CCOC1. The van der Waals surface area contributed by atoms with Gasteiger partial charge in [-0.3, -0.25) is 9.69 Å². The van der Waals surface area contributed by atoms with Crippen molar-refractivity contribution in [1.29, 1.82) is 0 Å². The van der Waals surface area contributed by atoms with Crippen LogP contribution in [0, 0.1) is 5.92 Å². The van der Waals surface area contributed by atoms with Crippen molar-refractivity contribution in [2.24, 2.45) is 5.92 Å². The number of hydrogen-bond acceptors (Lipinski definition) is 7. The molecule has 0 saturated carbocycles. The van der Waals surface area contributed by atoms with Gasteiger partial charge in [0.2, 0.25) is 5.91 Å². The third kappa shape index (κ3) is 4.03. The summed E-state index contributed by atoms with van der Waals surface area (Å²) in [7, 11) is 0. The molecule has 4 heterocycles. The first kappa shape index (κ1) is 18.7. The number of rotatable bonds is 5. The van der Waals surface area contributed by atoms with Crippen molar-refractivity contribution in [2.75, 3.05) is 31.6 Å². The third-order valence-corrected chi connectivity index (χ3v) is 6.41. The molecule has 2 aliphatic heterocycles. The molecule has 2 fully saturated rings. The van der Waals surface area contributed by atoms with E-state index in [4.69, 9.17) is 4.74 Å². The standard InChI is InChI=1S/C20H24N6O2S/c27-20(15-6-10-28-13-15)22-19-3-7-21-26(19)16-4-8-25(9-5-16)12-14-1-2-17-18(11-14)24-29-23-17/h1-3,7,11,15-16H,4-6,8-10,12-13H2,(H,22,27)/t15-/m0/s1. The van der Waals surface area contributed by atoms with Gasteiger partial charge in [0.05, 0.1) is 36.5 Å². The number of amides is 1. The minimum atomic E-state index is -0.0505. The molecular weight excluding hydrogens is 388 g/mol. The van der Waals surface area contributed by atoms with E-state index in [0.717, 1.165) is 55.7 Å². The summed E-state index contributed by atoms with van der Waals surface area (Å²) in [5, 5.41) is 7.55. The number of likely N-dealkylation sites (tertiary alicyclic amines) is 1. The molecule has 0 unspecified atom stereocenters. The number of carbonyl (C=O) groups excluding carboxylic acids is 1. The highest BCUT2D eigenvalue weighted by Gasteiger charge is 2.27. The lowest BCUT2D eigenvalue weighted by Gasteiger charge is -2.32. The fourth-order valence-electron chi connectivity index (χ4n) is 4.18. The predicted molar refractivity (Wildman–Crippen MR) is 111 cm³/mol. The van der Waals surface area contributed by atoms with Gasteiger partial charge in [-0.05, 0) is 37.0 Å². The Labute approximate surface area is 173 Å². The Balaban J connectivity index is 1.18. The van der Waals surface area contributed by atoms with Crippen LogP contribution in [0.15, 0.2) is 30.5 Å². The van der Waals surface area contributed by atoms with Crippen LogP contribution in [-0.2, 0) is 16.1 Å². The van der Waals surface area contributed by atoms with Gasteiger partial charge in [-0.25, -0.2) is 4.68 Å². The van der Waals surface area contributed by atoms with Crippen LogP contribution >= 0.6 is 11.7 Å². The molecule has 1 amide bonds. The maximum Gasteiger partial charge on any atom is 0.231 e.